The lowest BCUT2D eigenvalue weighted by Gasteiger charge is -2.16. The largest absolute Gasteiger partial charge is 0.338 e. The third kappa shape index (κ3) is 7.36. The van der Waals surface area contributed by atoms with Crippen LogP contribution in [-0.2, 0) is 4.79 Å². The molecule has 1 rings (SSSR count). The summed E-state index contributed by atoms with van der Waals surface area (Å²) in [7, 11) is 0. The third-order valence-corrected chi connectivity index (χ3v) is 4.00. The fourth-order valence-electron chi connectivity index (χ4n) is 1.94. The van der Waals surface area contributed by atoms with Crippen LogP contribution in [0.5, 0.6) is 0 Å². The van der Waals surface area contributed by atoms with E-state index in [1.807, 2.05) is 43.0 Å². The molecule has 1 atom stereocenters. The van der Waals surface area contributed by atoms with E-state index in [-0.39, 0.29) is 18.0 Å². The minimum atomic E-state index is -0.168. The molecule has 0 aromatic heterocycles. The zero-order valence-corrected chi connectivity index (χ0v) is 14.3. The molecule has 0 aliphatic heterocycles. The van der Waals surface area contributed by atoms with Crippen molar-refractivity contribution in [2.24, 2.45) is 0 Å². The van der Waals surface area contributed by atoms with Crippen LogP contribution >= 0.6 is 11.8 Å². The number of carbonyl (C=O) groups is 2. The Morgan fingerprint density at radius 3 is 2.77 bits per heavy atom. The molecule has 0 saturated heterocycles. The Kier molecular flexibility index (Phi) is 8.43. The highest BCUT2D eigenvalue weighted by molar-refractivity contribution is 7.99. The smallest absolute Gasteiger partial charge is 0.315 e. The molecule has 0 radical (unpaired) electrons. The average molecular weight is 323 g/mol. The van der Waals surface area contributed by atoms with E-state index in [4.69, 9.17) is 0 Å². The molecule has 0 heterocycles. The number of hydrogen-bond donors (Lipinski definition) is 3. The molecule has 5 nitrogen and oxygen atoms in total. The van der Waals surface area contributed by atoms with Crippen LogP contribution in [0.4, 0.5) is 10.5 Å². The van der Waals surface area contributed by atoms with Gasteiger partial charge in [-0.3, -0.25) is 4.79 Å². The number of amides is 3. The summed E-state index contributed by atoms with van der Waals surface area (Å²) in [6.45, 7) is 6.19. The van der Waals surface area contributed by atoms with Gasteiger partial charge < -0.3 is 16.0 Å². The van der Waals surface area contributed by atoms with E-state index in [9.17, 15) is 9.59 Å². The van der Waals surface area contributed by atoms with Crippen LogP contribution in [0.2, 0.25) is 0 Å². The van der Waals surface area contributed by atoms with E-state index in [2.05, 4.69) is 22.9 Å². The molecule has 0 bridgehead atoms. The van der Waals surface area contributed by atoms with Crippen molar-refractivity contribution in [3.05, 3.63) is 29.8 Å². The molecule has 0 aliphatic rings. The summed E-state index contributed by atoms with van der Waals surface area (Å²) >= 11 is 1.87. The lowest BCUT2D eigenvalue weighted by molar-refractivity contribution is -0.114. The zero-order chi connectivity index (χ0) is 16.4. The number of rotatable bonds is 8. The molecule has 122 valence electrons. The normalized spacial score (nSPS) is 11.6. The van der Waals surface area contributed by atoms with Crippen LogP contribution in [0.15, 0.2) is 24.3 Å². The summed E-state index contributed by atoms with van der Waals surface area (Å²) in [6.07, 6.45) is 0.971. The second-order valence-electron chi connectivity index (χ2n) is 4.98. The highest BCUT2D eigenvalue weighted by Crippen LogP contribution is 2.17. The summed E-state index contributed by atoms with van der Waals surface area (Å²) in [5.74, 6) is 2.05. The number of nitrogens with one attached hydrogen (secondary N) is 3. The Morgan fingerprint density at radius 1 is 1.32 bits per heavy atom. The highest BCUT2D eigenvalue weighted by atomic mass is 32.2. The monoisotopic (exact) mass is 323 g/mol. The van der Waals surface area contributed by atoms with Crippen molar-refractivity contribution < 1.29 is 9.59 Å². The van der Waals surface area contributed by atoms with Gasteiger partial charge in [-0.25, -0.2) is 4.79 Å². The fourth-order valence-corrected chi connectivity index (χ4v) is 2.58. The van der Waals surface area contributed by atoms with Gasteiger partial charge in [-0.05, 0) is 42.5 Å². The lowest BCUT2D eigenvalue weighted by atomic mass is 10.1. The Bertz CT molecular complexity index is 494. The predicted molar refractivity (Wildman–Crippen MR) is 93.3 cm³/mol. The summed E-state index contributed by atoms with van der Waals surface area (Å²) in [4.78, 5) is 22.9. The maximum Gasteiger partial charge on any atom is 0.315 e. The molecular formula is C16H25N3O2S. The quantitative estimate of drug-likeness (QED) is 0.644. The Labute approximate surface area is 136 Å². The minimum absolute atomic E-state index is 0.111. The first-order valence-corrected chi connectivity index (χ1v) is 8.68. The topological polar surface area (TPSA) is 70.2 Å². The number of hydrogen-bond acceptors (Lipinski definition) is 3. The van der Waals surface area contributed by atoms with Crippen LogP contribution in [0.25, 0.3) is 0 Å². The van der Waals surface area contributed by atoms with Crippen LogP contribution in [0.3, 0.4) is 0 Å². The first kappa shape index (κ1) is 18.4. The minimum Gasteiger partial charge on any atom is -0.338 e. The van der Waals surface area contributed by atoms with Gasteiger partial charge in [0.2, 0.25) is 5.91 Å². The summed E-state index contributed by atoms with van der Waals surface area (Å²) < 4.78 is 0. The molecule has 0 fully saturated rings. The van der Waals surface area contributed by atoms with E-state index >= 15 is 0 Å². The van der Waals surface area contributed by atoms with E-state index in [0.29, 0.717) is 6.54 Å². The van der Waals surface area contributed by atoms with Gasteiger partial charge >= 0.3 is 6.03 Å². The van der Waals surface area contributed by atoms with Crippen molar-refractivity contribution in [3.63, 3.8) is 0 Å². The maximum absolute atomic E-state index is 11.8. The van der Waals surface area contributed by atoms with Crippen molar-refractivity contribution in [3.8, 4) is 0 Å². The van der Waals surface area contributed by atoms with Gasteiger partial charge in [0.1, 0.15) is 0 Å². The number of carbonyl (C=O) groups excluding carboxylic acids is 2. The van der Waals surface area contributed by atoms with Gasteiger partial charge in [0.25, 0.3) is 0 Å². The third-order valence-electron chi connectivity index (χ3n) is 3.01. The van der Waals surface area contributed by atoms with Gasteiger partial charge in [0.05, 0.1) is 6.04 Å². The van der Waals surface area contributed by atoms with Gasteiger partial charge in [-0.2, -0.15) is 11.8 Å². The second-order valence-corrected chi connectivity index (χ2v) is 6.37. The molecule has 1 unspecified atom stereocenters. The SMILES string of the molecule is CCSCCCNC(=O)NC(C)c1cccc(NC(C)=O)c1. The van der Waals surface area contributed by atoms with Gasteiger partial charge in [0, 0.05) is 19.2 Å². The molecule has 1 aromatic carbocycles. The molecule has 0 saturated carbocycles. The fraction of sp³-hybridized carbons (Fsp3) is 0.500. The van der Waals surface area contributed by atoms with Crippen LogP contribution in [0.1, 0.15) is 38.8 Å². The van der Waals surface area contributed by atoms with Gasteiger partial charge in [-0.15, -0.1) is 0 Å². The van der Waals surface area contributed by atoms with E-state index in [1.54, 1.807) is 0 Å². The first-order valence-electron chi connectivity index (χ1n) is 7.52. The number of benzene rings is 1. The molecule has 3 amide bonds. The Hall–Kier alpha value is -1.69. The number of anilines is 1. The van der Waals surface area contributed by atoms with Crippen LogP contribution < -0.4 is 16.0 Å². The molecular weight excluding hydrogens is 298 g/mol. The van der Waals surface area contributed by atoms with Crippen molar-refractivity contribution in [1.29, 1.82) is 0 Å². The van der Waals surface area contributed by atoms with Crippen molar-refractivity contribution >= 4 is 29.4 Å². The number of urea groups is 1. The molecule has 0 aliphatic carbocycles. The van der Waals surface area contributed by atoms with Crippen molar-refractivity contribution in [1.82, 2.24) is 10.6 Å². The van der Waals surface area contributed by atoms with E-state index < -0.39 is 0 Å². The summed E-state index contributed by atoms with van der Waals surface area (Å²) in [5, 5.41) is 8.49. The predicted octanol–water partition coefficient (Wildman–Crippen LogP) is 3.15. The van der Waals surface area contributed by atoms with Crippen LogP contribution in [0, 0.1) is 0 Å². The molecule has 3 N–H and O–H groups in total. The summed E-state index contributed by atoms with van der Waals surface area (Å²) in [5.41, 5.74) is 1.68. The highest BCUT2D eigenvalue weighted by Gasteiger charge is 2.09. The standard InChI is InChI=1S/C16H25N3O2S/c1-4-22-10-6-9-17-16(21)18-12(2)14-7-5-8-15(11-14)19-13(3)20/h5,7-8,11-12H,4,6,9-10H2,1-3H3,(H,19,20)(H2,17,18,21). The van der Waals surface area contributed by atoms with Gasteiger partial charge in [-0.1, -0.05) is 19.1 Å². The van der Waals surface area contributed by atoms with Crippen molar-refractivity contribution in [2.75, 3.05) is 23.4 Å². The average Bonchev–Trinajstić information content (AvgIpc) is 2.46. The van der Waals surface area contributed by atoms with Crippen LogP contribution in [-0.4, -0.2) is 30.0 Å². The zero-order valence-electron chi connectivity index (χ0n) is 13.4. The molecule has 6 heteroatoms. The van der Waals surface area contributed by atoms with Gasteiger partial charge in [0.15, 0.2) is 0 Å². The maximum atomic E-state index is 11.8. The van der Waals surface area contributed by atoms with Crippen molar-refractivity contribution in [2.45, 2.75) is 33.2 Å². The summed E-state index contributed by atoms with van der Waals surface area (Å²) in [6, 6.07) is 7.18. The Morgan fingerprint density at radius 2 is 2.09 bits per heavy atom. The molecule has 1 aromatic rings. The van der Waals surface area contributed by atoms with E-state index in [0.717, 1.165) is 29.2 Å². The van der Waals surface area contributed by atoms with E-state index in [1.165, 1.54) is 6.92 Å². The molecule has 22 heavy (non-hydrogen) atoms. The lowest BCUT2D eigenvalue weighted by Crippen LogP contribution is -2.37. The Balaban J connectivity index is 2.42. The molecule has 0 spiro atoms. The second kappa shape index (κ2) is 10.1. The first-order chi connectivity index (χ1) is 10.5. The number of thioether (sulfide) groups is 1.